The molecule has 0 aromatic heterocycles. The van der Waals surface area contributed by atoms with Gasteiger partial charge in [0.25, 0.3) is 0 Å². The predicted octanol–water partition coefficient (Wildman–Crippen LogP) is 3.97. The highest BCUT2D eigenvalue weighted by molar-refractivity contribution is 5.48. The van der Waals surface area contributed by atoms with Crippen LogP contribution in [0.1, 0.15) is 29.0 Å². The van der Waals surface area contributed by atoms with E-state index in [1.807, 2.05) is 42.5 Å². The van der Waals surface area contributed by atoms with Gasteiger partial charge in [-0.15, -0.1) is 0 Å². The molecule has 3 aromatic rings. The highest BCUT2D eigenvalue weighted by Gasteiger charge is 2.49. The summed E-state index contributed by atoms with van der Waals surface area (Å²) in [4.78, 5) is 18.1. The molecule has 1 heterocycles. The highest BCUT2D eigenvalue weighted by Crippen LogP contribution is 2.42. The van der Waals surface area contributed by atoms with E-state index in [1.54, 1.807) is 7.11 Å². The summed E-state index contributed by atoms with van der Waals surface area (Å²) in [6.07, 6.45) is 1.69. The third-order valence-electron chi connectivity index (χ3n) is 8.12. The van der Waals surface area contributed by atoms with Crippen LogP contribution in [0.15, 0.2) is 78.9 Å². The minimum absolute atomic E-state index is 0.305. The summed E-state index contributed by atoms with van der Waals surface area (Å²) in [5.74, 6) is 7.81. The van der Waals surface area contributed by atoms with Gasteiger partial charge in [0.2, 0.25) is 6.41 Å². The molecule has 0 bridgehead atoms. The number of likely N-dealkylation sites (tertiary alicyclic amines) is 1. The molecule has 4 atom stereocenters. The normalized spacial score (nSPS) is 19.0. The number of likely N-dealkylation sites (N-methyl/N-ethyl adjacent to an activating group) is 2. The van der Waals surface area contributed by atoms with E-state index in [2.05, 4.69) is 102 Å². The second-order valence-electron chi connectivity index (χ2n) is 11.4. The SMILES string of the molecule is COc1ccc(NC[C@H]2[C@@H](c3ccc(C#Cc4ccccc4)cc3)[C@@H](CN(C)C)N2CC(CCNC=O)N(C)C)cc1. The fourth-order valence-corrected chi connectivity index (χ4v) is 5.82. The van der Waals surface area contributed by atoms with Gasteiger partial charge in [-0.2, -0.15) is 0 Å². The fraction of sp³-hybridized carbons (Fsp3) is 0.400. The van der Waals surface area contributed by atoms with Crippen molar-refractivity contribution in [3.63, 3.8) is 0 Å². The van der Waals surface area contributed by atoms with Crippen LogP contribution in [0, 0.1) is 11.8 Å². The third-order valence-corrected chi connectivity index (χ3v) is 8.12. The van der Waals surface area contributed by atoms with Crippen LogP contribution in [0.25, 0.3) is 0 Å². The number of amides is 1. The minimum atomic E-state index is 0.305. The first-order valence-corrected chi connectivity index (χ1v) is 14.7. The van der Waals surface area contributed by atoms with E-state index >= 15 is 0 Å². The zero-order valence-corrected chi connectivity index (χ0v) is 25.6. The quantitative estimate of drug-likeness (QED) is 0.175. The average Bonchev–Trinajstić information content (AvgIpc) is 3.00. The number of ether oxygens (including phenoxy) is 1. The molecule has 1 amide bonds. The van der Waals surface area contributed by atoms with E-state index in [0.29, 0.717) is 30.6 Å². The molecule has 7 heteroatoms. The lowest BCUT2D eigenvalue weighted by Gasteiger charge is -2.58. The van der Waals surface area contributed by atoms with E-state index in [9.17, 15) is 4.79 Å². The maximum absolute atomic E-state index is 10.9. The van der Waals surface area contributed by atoms with Gasteiger partial charge in [0.1, 0.15) is 5.75 Å². The van der Waals surface area contributed by atoms with Crippen LogP contribution in [-0.2, 0) is 4.79 Å². The molecule has 2 N–H and O–H groups in total. The van der Waals surface area contributed by atoms with E-state index in [4.69, 9.17) is 4.74 Å². The zero-order chi connectivity index (χ0) is 29.9. The first-order chi connectivity index (χ1) is 20.4. The maximum atomic E-state index is 10.9. The summed E-state index contributed by atoms with van der Waals surface area (Å²) in [7, 11) is 10.2. The smallest absolute Gasteiger partial charge is 0.207 e. The van der Waals surface area contributed by atoms with Crippen LogP contribution >= 0.6 is 0 Å². The van der Waals surface area contributed by atoms with E-state index < -0.39 is 0 Å². The molecule has 0 radical (unpaired) electrons. The van der Waals surface area contributed by atoms with Crippen molar-refractivity contribution in [1.82, 2.24) is 20.0 Å². The first-order valence-electron chi connectivity index (χ1n) is 14.7. The molecule has 1 fully saturated rings. The number of rotatable bonds is 14. The monoisotopic (exact) mass is 567 g/mol. The van der Waals surface area contributed by atoms with Crippen LogP contribution < -0.4 is 15.4 Å². The van der Waals surface area contributed by atoms with Gasteiger partial charge in [-0.1, -0.05) is 42.2 Å². The molecule has 3 aromatic carbocycles. The molecule has 222 valence electrons. The Labute approximate surface area is 251 Å². The van der Waals surface area contributed by atoms with E-state index in [-0.39, 0.29) is 0 Å². The van der Waals surface area contributed by atoms with Gasteiger partial charge < -0.3 is 25.2 Å². The lowest BCUT2D eigenvalue weighted by molar-refractivity contribution is -0.109. The largest absolute Gasteiger partial charge is 0.497 e. The highest BCUT2D eigenvalue weighted by atomic mass is 16.5. The number of carbonyl (C=O) groups is 1. The summed E-state index contributed by atoms with van der Waals surface area (Å²) in [5, 5.41) is 6.55. The van der Waals surface area contributed by atoms with Crippen LogP contribution in [-0.4, -0.2) is 101 Å². The third kappa shape index (κ3) is 8.36. The Morgan fingerprint density at radius 3 is 2.17 bits per heavy atom. The van der Waals surface area contributed by atoms with Crippen molar-refractivity contribution in [1.29, 1.82) is 0 Å². The van der Waals surface area contributed by atoms with Crippen molar-refractivity contribution >= 4 is 12.1 Å². The number of nitrogens with one attached hydrogen (secondary N) is 2. The van der Waals surface area contributed by atoms with E-state index in [0.717, 1.165) is 55.0 Å². The molecule has 1 aliphatic rings. The number of carbonyl (C=O) groups excluding carboxylic acids is 1. The molecule has 7 nitrogen and oxygen atoms in total. The molecule has 1 aliphatic heterocycles. The van der Waals surface area contributed by atoms with Crippen LogP contribution in [0.3, 0.4) is 0 Å². The summed E-state index contributed by atoms with van der Waals surface area (Å²) in [6.45, 7) is 3.38. The Morgan fingerprint density at radius 1 is 0.905 bits per heavy atom. The van der Waals surface area contributed by atoms with Crippen molar-refractivity contribution in [2.24, 2.45) is 0 Å². The Balaban J connectivity index is 1.58. The van der Waals surface area contributed by atoms with Crippen LogP contribution in [0.2, 0.25) is 0 Å². The molecule has 0 aliphatic carbocycles. The Kier molecular flexibility index (Phi) is 11.4. The van der Waals surface area contributed by atoms with Crippen molar-refractivity contribution in [3.8, 4) is 17.6 Å². The van der Waals surface area contributed by atoms with Crippen molar-refractivity contribution < 1.29 is 9.53 Å². The molecular weight excluding hydrogens is 522 g/mol. The number of methoxy groups -OCH3 is 1. The van der Waals surface area contributed by atoms with Crippen molar-refractivity contribution in [3.05, 3.63) is 95.6 Å². The second-order valence-corrected chi connectivity index (χ2v) is 11.4. The summed E-state index contributed by atoms with van der Waals surface area (Å²) in [5.41, 5.74) is 4.46. The number of hydrogen-bond acceptors (Lipinski definition) is 6. The topological polar surface area (TPSA) is 60.1 Å². The molecule has 42 heavy (non-hydrogen) atoms. The van der Waals surface area contributed by atoms with Crippen LogP contribution in [0.5, 0.6) is 5.75 Å². The molecule has 1 saturated heterocycles. The summed E-state index contributed by atoms with van der Waals surface area (Å²) < 4.78 is 5.35. The van der Waals surface area contributed by atoms with Gasteiger partial charge in [-0.05, 0) is 88.7 Å². The van der Waals surface area contributed by atoms with Gasteiger partial charge in [0.15, 0.2) is 0 Å². The Hall–Kier alpha value is -3.83. The summed E-state index contributed by atoms with van der Waals surface area (Å²) >= 11 is 0. The number of hydrogen-bond donors (Lipinski definition) is 2. The maximum Gasteiger partial charge on any atom is 0.207 e. The molecule has 1 unspecified atom stereocenters. The van der Waals surface area contributed by atoms with Gasteiger partial charge >= 0.3 is 0 Å². The second kappa shape index (κ2) is 15.4. The lowest BCUT2D eigenvalue weighted by Crippen LogP contribution is -2.69. The zero-order valence-electron chi connectivity index (χ0n) is 25.6. The predicted molar refractivity (Wildman–Crippen MR) is 172 cm³/mol. The lowest BCUT2D eigenvalue weighted by atomic mass is 9.74. The molecule has 0 spiro atoms. The van der Waals surface area contributed by atoms with Gasteiger partial charge in [0, 0.05) is 67.0 Å². The fourth-order valence-electron chi connectivity index (χ4n) is 5.82. The van der Waals surface area contributed by atoms with Gasteiger partial charge in [-0.25, -0.2) is 0 Å². The first kappa shape index (κ1) is 31.1. The molecule has 0 saturated carbocycles. The number of nitrogens with zero attached hydrogens (tertiary/aromatic N) is 3. The van der Waals surface area contributed by atoms with Gasteiger partial charge in [0.05, 0.1) is 7.11 Å². The molecule has 4 rings (SSSR count). The minimum Gasteiger partial charge on any atom is -0.497 e. The van der Waals surface area contributed by atoms with Crippen molar-refractivity contribution in [2.45, 2.75) is 30.5 Å². The van der Waals surface area contributed by atoms with Gasteiger partial charge in [-0.3, -0.25) is 9.69 Å². The summed E-state index contributed by atoms with van der Waals surface area (Å²) in [6, 6.07) is 28.1. The standard InChI is InChI=1S/C35H45N5O2/c1-38(2)25-34-35(29-15-13-28(14-16-29)12-11-27-9-7-6-8-10-27)33(23-37-30-17-19-32(42-5)20-18-30)40(34)24-31(39(3)4)21-22-36-26-41/h6-10,13-20,26,31,33-35,37H,21-25H2,1-5H3,(H,36,41)/t31?,33-,34+,35+/m0/s1. The number of anilines is 1. The molecular formula is C35H45N5O2. The van der Waals surface area contributed by atoms with E-state index in [1.165, 1.54) is 5.56 Å². The van der Waals surface area contributed by atoms with Crippen LogP contribution in [0.4, 0.5) is 5.69 Å². The Morgan fingerprint density at radius 2 is 1.57 bits per heavy atom. The Bertz CT molecular complexity index is 1300. The number of benzene rings is 3. The van der Waals surface area contributed by atoms with Crippen molar-refractivity contribution in [2.75, 3.05) is 66.8 Å². The average molecular weight is 568 g/mol.